The molecule has 3 rings (SSSR count). The van der Waals surface area contributed by atoms with Crippen LogP contribution in [0.5, 0.6) is 0 Å². The molecule has 1 amide bonds. The van der Waals surface area contributed by atoms with Gasteiger partial charge in [-0.1, -0.05) is 36.4 Å². The minimum Gasteiger partial charge on any atom is -0.378 e. The van der Waals surface area contributed by atoms with Crippen LogP contribution in [0.2, 0.25) is 0 Å². The number of halogens is 1. The van der Waals surface area contributed by atoms with E-state index in [0.717, 1.165) is 30.5 Å². The van der Waals surface area contributed by atoms with Crippen molar-refractivity contribution in [3.8, 4) is 0 Å². The van der Waals surface area contributed by atoms with Crippen LogP contribution in [0, 0.1) is 12.7 Å². The van der Waals surface area contributed by atoms with Crippen molar-refractivity contribution in [3.05, 3.63) is 65.5 Å². The van der Waals surface area contributed by atoms with Gasteiger partial charge in [-0.15, -0.1) is 0 Å². The highest BCUT2D eigenvalue weighted by atomic mass is 19.1. The Bertz CT molecular complexity index is 702. The summed E-state index contributed by atoms with van der Waals surface area (Å²) >= 11 is 0. The maximum absolute atomic E-state index is 13.9. The van der Waals surface area contributed by atoms with Crippen molar-refractivity contribution in [1.29, 1.82) is 0 Å². The van der Waals surface area contributed by atoms with Gasteiger partial charge < -0.3 is 10.2 Å². The van der Waals surface area contributed by atoms with Gasteiger partial charge in [0.15, 0.2) is 0 Å². The van der Waals surface area contributed by atoms with Crippen molar-refractivity contribution in [2.24, 2.45) is 0 Å². The number of piperidine rings is 1. The van der Waals surface area contributed by atoms with Gasteiger partial charge in [-0.25, -0.2) is 4.39 Å². The monoisotopic (exact) mass is 326 g/mol. The molecule has 0 saturated carbocycles. The summed E-state index contributed by atoms with van der Waals surface area (Å²) in [5, 5.41) is 3.27. The van der Waals surface area contributed by atoms with Gasteiger partial charge in [0.2, 0.25) is 5.91 Å². The molecule has 1 fully saturated rings. The second-order valence-corrected chi connectivity index (χ2v) is 6.47. The minimum atomic E-state index is -0.242. The molecule has 1 N–H and O–H groups in total. The Morgan fingerprint density at radius 1 is 1.25 bits per heavy atom. The van der Waals surface area contributed by atoms with Gasteiger partial charge in [-0.2, -0.15) is 0 Å². The van der Waals surface area contributed by atoms with Crippen LogP contribution in [-0.2, 0) is 11.2 Å². The fourth-order valence-corrected chi connectivity index (χ4v) is 3.17. The van der Waals surface area contributed by atoms with E-state index in [0.29, 0.717) is 18.7 Å². The van der Waals surface area contributed by atoms with E-state index >= 15 is 0 Å². The maximum atomic E-state index is 13.9. The Kier molecular flexibility index (Phi) is 5.14. The number of hydrogen-bond acceptors (Lipinski definition) is 2. The first-order valence-electron chi connectivity index (χ1n) is 8.46. The molecular formula is C20H23FN2O. The highest BCUT2D eigenvalue weighted by molar-refractivity contribution is 5.79. The Morgan fingerprint density at radius 2 is 2.04 bits per heavy atom. The lowest BCUT2D eigenvalue weighted by Gasteiger charge is -2.34. The van der Waals surface area contributed by atoms with Gasteiger partial charge >= 0.3 is 0 Å². The van der Waals surface area contributed by atoms with Crippen LogP contribution in [0.3, 0.4) is 0 Å². The molecule has 0 aromatic heterocycles. The molecule has 126 valence electrons. The lowest BCUT2D eigenvalue weighted by molar-refractivity contribution is -0.131. The van der Waals surface area contributed by atoms with E-state index in [2.05, 4.69) is 5.32 Å². The van der Waals surface area contributed by atoms with E-state index < -0.39 is 0 Å². The lowest BCUT2D eigenvalue weighted by Crippen LogP contribution is -2.45. The summed E-state index contributed by atoms with van der Waals surface area (Å²) in [6.45, 7) is 3.35. The van der Waals surface area contributed by atoms with Gasteiger partial charge in [0, 0.05) is 19.1 Å². The lowest BCUT2D eigenvalue weighted by atomic mass is 10.0. The van der Waals surface area contributed by atoms with Crippen molar-refractivity contribution in [2.45, 2.75) is 32.2 Å². The number of rotatable bonds is 4. The number of anilines is 1. The van der Waals surface area contributed by atoms with Gasteiger partial charge in [0.25, 0.3) is 0 Å². The molecule has 4 heteroatoms. The number of benzene rings is 2. The zero-order chi connectivity index (χ0) is 16.9. The summed E-state index contributed by atoms with van der Waals surface area (Å²) in [4.78, 5) is 14.4. The molecule has 2 aromatic rings. The second-order valence-electron chi connectivity index (χ2n) is 6.47. The van der Waals surface area contributed by atoms with Gasteiger partial charge in [-0.3, -0.25) is 4.79 Å². The first-order valence-corrected chi connectivity index (χ1v) is 8.46. The number of nitrogens with zero attached hydrogens (tertiary/aromatic N) is 1. The van der Waals surface area contributed by atoms with Gasteiger partial charge in [0.05, 0.1) is 12.1 Å². The smallest absolute Gasteiger partial charge is 0.227 e. The minimum absolute atomic E-state index is 0.0924. The summed E-state index contributed by atoms with van der Waals surface area (Å²) in [7, 11) is 0. The summed E-state index contributed by atoms with van der Waals surface area (Å²) in [5.41, 5.74) is 2.58. The molecule has 0 spiro atoms. The molecule has 1 aliphatic heterocycles. The largest absolute Gasteiger partial charge is 0.378 e. The fraction of sp³-hybridized carbons (Fsp3) is 0.350. The summed E-state index contributed by atoms with van der Waals surface area (Å²) in [5.74, 6) is -0.106. The van der Waals surface area contributed by atoms with Crippen LogP contribution in [0.15, 0.2) is 48.5 Å². The van der Waals surface area contributed by atoms with Crippen molar-refractivity contribution >= 4 is 11.6 Å². The van der Waals surface area contributed by atoms with Crippen LogP contribution in [-0.4, -0.2) is 29.9 Å². The van der Waals surface area contributed by atoms with Gasteiger partial charge in [-0.05, 0) is 43.0 Å². The van der Waals surface area contributed by atoms with E-state index in [1.54, 1.807) is 6.07 Å². The van der Waals surface area contributed by atoms with Crippen molar-refractivity contribution in [2.75, 3.05) is 18.4 Å². The van der Waals surface area contributed by atoms with Gasteiger partial charge in [0.1, 0.15) is 5.82 Å². The van der Waals surface area contributed by atoms with Crippen LogP contribution < -0.4 is 5.32 Å². The zero-order valence-electron chi connectivity index (χ0n) is 14.0. The first kappa shape index (κ1) is 16.5. The van der Waals surface area contributed by atoms with Crippen LogP contribution in [0.25, 0.3) is 0 Å². The van der Waals surface area contributed by atoms with Crippen LogP contribution >= 0.6 is 0 Å². The van der Waals surface area contributed by atoms with E-state index in [1.807, 2.05) is 48.2 Å². The molecule has 1 aliphatic rings. The van der Waals surface area contributed by atoms with Crippen molar-refractivity contribution in [3.63, 3.8) is 0 Å². The number of likely N-dealkylation sites (tertiary alicyclic amines) is 1. The highest BCUT2D eigenvalue weighted by Crippen LogP contribution is 2.21. The molecule has 3 nitrogen and oxygen atoms in total. The quantitative estimate of drug-likeness (QED) is 0.927. The fourth-order valence-electron chi connectivity index (χ4n) is 3.17. The zero-order valence-corrected chi connectivity index (χ0v) is 14.0. The molecular weight excluding hydrogens is 303 g/mol. The normalized spacial score (nSPS) is 17.6. The molecule has 1 atom stereocenters. The SMILES string of the molecule is Cc1ccc(F)c(NC2CCCN(C(=O)Cc3ccccc3)C2)c1. The Labute approximate surface area is 142 Å². The topological polar surface area (TPSA) is 32.3 Å². The number of amides is 1. The third kappa shape index (κ3) is 4.13. The summed E-state index contributed by atoms with van der Waals surface area (Å²) in [6.07, 6.45) is 2.31. The number of hydrogen-bond donors (Lipinski definition) is 1. The average Bonchev–Trinajstić information content (AvgIpc) is 2.59. The number of aryl methyl sites for hydroxylation is 1. The molecule has 2 aromatic carbocycles. The number of carbonyl (C=O) groups is 1. The number of carbonyl (C=O) groups excluding carboxylic acids is 1. The Balaban J connectivity index is 1.61. The number of nitrogens with one attached hydrogen (secondary N) is 1. The third-order valence-electron chi connectivity index (χ3n) is 4.45. The van der Waals surface area contributed by atoms with Crippen molar-refractivity contribution < 1.29 is 9.18 Å². The van der Waals surface area contributed by atoms with E-state index in [-0.39, 0.29) is 17.8 Å². The first-order chi connectivity index (χ1) is 11.6. The summed E-state index contributed by atoms with van der Waals surface area (Å²) < 4.78 is 13.9. The predicted octanol–water partition coefficient (Wildman–Crippen LogP) is 3.78. The molecule has 1 saturated heterocycles. The molecule has 0 radical (unpaired) electrons. The third-order valence-corrected chi connectivity index (χ3v) is 4.45. The maximum Gasteiger partial charge on any atom is 0.227 e. The molecule has 1 unspecified atom stereocenters. The molecule has 0 aliphatic carbocycles. The second kappa shape index (κ2) is 7.47. The van der Waals surface area contributed by atoms with E-state index in [4.69, 9.17) is 0 Å². The molecule has 24 heavy (non-hydrogen) atoms. The average molecular weight is 326 g/mol. The highest BCUT2D eigenvalue weighted by Gasteiger charge is 2.24. The van der Waals surface area contributed by atoms with Crippen LogP contribution in [0.4, 0.5) is 10.1 Å². The van der Waals surface area contributed by atoms with E-state index in [9.17, 15) is 9.18 Å². The predicted molar refractivity (Wildman–Crippen MR) is 94.5 cm³/mol. The Morgan fingerprint density at radius 3 is 2.83 bits per heavy atom. The Hall–Kier alpha value is -2.36. The standard InChI is InChI=1S/C20H23FN2O/c1-15-9-10-18(21)19(12-15)22-17-8-5-11-23(14-17)20(24)13-16-6-3-2-4-7-16/h2-4,6-7,9-10,12,17,22H,5,8,11,13-14H2,1H3. The van der Waals surface area contributed by atoms with Crippen molar-refractivity contribution in [1.82, 2.24) is 4.90 Å². The molecule has 1 heterocycles. The van der Waals surface area contributed by atoms with Crippen LogP contribution in [0.1, 0.15) is 24.0 Å². The summed E-state index contributed by atoms with van der Waals surface area (Å²) in [6, 6.07) is 14.9. The van der Waals surface area contributed by atoms with E-state index in [1.165, 1.54) is 6.07 Å². The molecule has 0 bridgehead atoms.